The van der Waals surface area contributed by atoms with Crippen LogP contribution in [0.3, 0.4) is 0 Å². The van der Waals surface area contributed by atoms with Gasteiger partial charge in [-0.25, -0.2) is 0 Å². The molecular formula is C11H4Br2Cl2N2O. The smallest absolute Gasteiger partial charge is 0.138 e. The minimum absolute atomic E-state index is 0.308. The van der Waals surface area contributed by atoms with Crippen molar-refractivity contribution in [3.63, 3.8) is 0 Å². The molecule has 0 aliphatic carbocycles. The van der Waals surface area contributed by atoms with E-state index in [4.69, 9.17) is 28.5 Å². The molecule has 0 amide bonds. The highest BCUT2D eigenvalue weighted by molar-refractivity contribution is 9.13. The van der Waals surface area contributed by atoms with Crippen molar-refractivity contribution >= 4 is 55.1 Å². The maximum atomic E-state index is 9.96. The van der Waals surface area contributed by atoms with E-state index >= 15 is 0 Å². The third-order valence-electron chi connectivity index (χ3n) is 2.34. The number of hydrogen-bond acceptors (Lipinski definition) is 2. The summed E-state index contributed by atoms with van der Waals surface area (Å²) in [6, 6.07) is 6.90. The van der Waals surface area contributed by atoms with E-state index in [2.05, 4.69) is 31.9 Å². The average molecular weight is 411 g/mol. The number of rotatable bonds is 1. The minimum atomic E-state index is 0.308. The van der Waals surface area contributed by atoms with Crippen molar-refractivity contribution < 1.29 is 5.21 Å². The van der Waals surface area contributed by atoms with E-state index < -0.39 is 0 Å². The molecule has 0 aliphatic heterocycles. The zero-order valence-corrected chi connectivity index (χ0v) is 13.3. The second-order valence-corrected chi connectivity index (χ2v) is 5.74. The SMILES string of the molecule is N#Cc1c(Br)c(Br)n(O)c1-c1ccc(Cl)c(Cl)c1. The normalized spacial score (nSPS) is 10.4. The van der Waals surface area contributed by atoms with E-state index in [1.165, 1.54) is 0 Å². The summed E-state index contributed by atoms with van der Waals surface area (Å²) in [6.45, 7) is 0. The van der Waals surface area contributed by atoms with Crippen LogP contribution < -0.4 is 0 Å². The van der Waals surface area contributed by atoms with E-state index in [1.54, 1.807) is 18.2 Å². The third kappa shape index (κ3) is 2.14. The predicted octanol–water partition coefficient (Wildman–Crippen LogP) is 5.10. The lowest BCUT2D eigenvalue weighted by molar-refractivity contribution is 0.185. The Hall–Kier alpha value is -0.670. The summed E-state index contributed by atoms with van der Waals surface area (Å²) >= 11 is 18.2. The molecule has 1 N–H and O–H groups in total. The first-order chi connectivity index (χ1) is 8.47. The maximum Gasteiger partial charge on any atom is 0.138 e. The van der Waals surface area contributed by atoms with Crippen molar-refractivity contribution in [2.24, 2.45) is 0 Å². The quantitative estimate of drug-likeness (QED) is 0.665. The zero-order chi connectivity index (χ0) is 13.4. The van der Waals surface area contributed by atoms with Crippen LogP contribution in [0.25, 0.3) is 11.3 Å². The van der Waals surface area contributed by atoms with Crippen LogP contribution in [0.1, 0.15) is 5.56 Å². The van der Waals surface area contributed by atoms with Gasteiger partial charge >= 0.3 is 0 Å². The highest BCUT2D eigenvalue weighted by atomic mass is 79.9. The standard InChI is InChI=1S/C11H4Br2Cl2N2O/c12-9-6(4-16)10(17(18)11(9)13)5-1-2-7(14)8(15)3-5/h1-3,18H. The Morgan fingerprint density at radius 2 is 1.89 bits per heavy atom. The molecule has 0 saturated heterocycles. The van der Waals surface area contributed by atoms with E-state index in [0.29, 0.717) is 35.9 Å². The Morgan fingerprint density at radius 1 is 1.22 bits per heavy atom. The van der Waals surface area contributed by atoms with Crippen molar-refractivity contribution in [1.82, 2.24) is 4.73 Å². The number of hydrogen-bond donors (Lipinski definition) is 1. The number of nitrogens with zero attached hydrogens (tertiary/aromatic N) is 2. The molecule has 0 saturated carbocycles. The lowest BCUT2D eigenvalue weighted by atomic mass is 10.1. The molecule has 0 unspecified atom stereocenters. The Morgan fingerprint density at radius 3 is 2.44 bits per heavy atom. The van der Waals surface area contributed by atoms with Gasteiger partial charge in [-0.1, -0.05) is 29.3 Å². The van der Waals surface area contributed by atoms with E-state index in [9.17, 15) is 5.21 Å². The molecule has 0 bridgehead atoms. The minimum Gasteiger partial charge on any atom is -0.427 e. The monoisotopic (exact) mass is 408 g/mol. The van der Waals surface area contributed by atoms with E-state index in [1.807, 2.05) is 6.07 Å². The van der Waals surface area contributed by atoms with Crippen LogP contribution in [0.15, 0.2) is 27.3 Å². The molecule has 2 aromatic rings. The number of nitriles is 1. The summed E-state index contributed by atoms with van der Waals surface area (Å²) in [5.41, 5.74) is 1.24. The Balaban J connectivity index is 2.75. The molecule has 2 rings (SSSR count). The highest BCUT2D eigenvalue weighted by Gasteiger charge is 2.21. The van der Waals surface area contributed by atoms with Crippen LogP contribution in [0, 0.1) is 11.3 Å². The molecule has 0 aliphatic rings. The van der Waals surface area contributed by atoms with Crippen molar-refractivity contribution in [1.29, 1.82) is 5.26 Å². The highest BCUT2D eigenvalue weighted by Crippen LogP contribution is 2.38. The first-order valence-corrected chi connectivity index (χ1v) is 6.96. The van der Waals surface area contributed by atoms with Crippen LogP contribution in [-0.2, 0) is 0 Å². The second kappa shape index (κ2) is 5.14. The second-order valence-electron chi connectivity index (χ2n) is 3.38. The topological polar surface area (TPSA) is 49.0 Å². The fourth-order valence-corrected chi connectivity index (χ4v) is 2.63. The Kier molecular flexibility index (Phi) is 3.93. The van der Waals surface area contributed by atoms with Crippen molar-refractivity contribution in [3.05, 3.63) is 42.9 Å². The Bertz CT molecular complexity index is 677. The van der Waals surface area contributed by atoms with Gasteiger partial charge < -0.3 is 5.21 Å². The molecule has 0 fully saturated rings. The summed E-state index contributed by atoms with van der Waals surface area (Å²) in [5.74, 6) is 0. The zero-order valence-electron chi connectivity index (χ0n) is 8.59. The van der Waals surface area contributed by atoms with E-state index in [-0.39, 0.29) is 0 Å². The third-order valence-corrected chi connectivity index (χ3v) is 5.12. The maximum absolute atomic E-state index is 9.96. The van der Waals surface area contributed by atoms with Crippen molar-refractivity contribution in [2.45, 2.75) is 0 Å². The largest absolute Gasteiger partial charge is 0.427 e. The first kappa shape index (κ1) is 13.8. The van der Waals surface area contributed by atoms with Crippen LogP contribution in [-0.4, -0.2) is 9.94 Å². The number of halogens is 4. The van der Waals surface area contributed by atoms with Crippen LogP contribution in [0.4, 0.5) is 0 Å². The molecule has 3 nitrogen and oxygen atoms in total. The molecule has 0 spiro atoms. The molecule has 0 radical (unpaired) electrons. The fraction of sp³-hybridized carbons (Fsp3) is 0. The van der Waals surface area contributed by atoms with Gasteiger partial charge in [0.05, 0.1) is 20.1 Å². The summed E-state index contributed by atoms with van der Waals surface area (Å²) < 4.78 is 1.72. The van der Waals surface area contributed by atoms with Gasteiger partial charge in [0.1, 0.15) is 16.4 Å². The number of aromatic nitrogens is 1. The fourth-order valence-electron chi connectivity index (χ4n) is 1.52. The van der Waals surface area contributed by atoms with Gasteiger partial charge in [0, 0.05) is 5.56 Å². The molecule has 1 aromatic carbocycles. The Labute approximate surface area is 130 Å². The number of benzene rings is 1. The predicted molar refractivity (Wildman–Crippen MR) is 77.2 cm³/mol. The van der Waals surface area contributed by atoms with Crippen LogP contribution in [0.2, 0.25) is 10.0 Å². The summed E-state index contributed by atoms with van der Waals surface area (Å²) in [7, 11) is 0. The van der Waals surface area contributed by atoms with E-state index in [0.717, 1.165) is 4.73 Å². The lowest BCUT2D eigenvalue weighted by Gasteiger charge is -2.05. The van der Waals surface area contributed by atoms with Gasteiger partial charge in [0.2, 0.25) is 0 Å². The molecule has 18 heavy (non-hydrogen) atoms. The van der Waals surface area contributed by atoms with Gasteiger partial charge in [-0.15, -0.1) is 0 Å². The molecule has 7 heteroatoms. The van der Waals surface area contributed by atoms with Gasteiger partial charge in [-0.05, 0) is 44.0 Å². The van der Waals surface area contributed by atoms with Gasteiger partial charge in [-0.2, -0.15) is 9.99 Å². The molecule has 0 atom stereocenters. The van der Waals surface area contributed by atoms with Gasteiger partial charge in [0.25, 0.3) is 0 Å². The van der Waals surface area contributed by atoms with Gasteiger partial charge in [0.15, 0.2) is 0 Å². The van der Waals surface area contributed by atoms with Gasteiger partial charge in [-0.3, -0.25) is 0 Å². The molecular weight excluding hydrogens is 407 g/mol. The summed E-state index contributed by atoms with van der Waals surface area (Å²) in [5, 5.41) is 19.9. The summed E-state index contributed by atoms with van der Waals surface area (Å²) in [4.78, 5) is 0. The first-order valence-electron chi connectivity index (χ1n) is 4.61. The van der Waals surface area contributed by atoms with Crippen molar-refractivity contribution in [2.75, 3.05) is 0 Å². The summed E-state index contributed by atoms with van der Waals surface area (Å²) in [6.07, 6.45) is 0. The lowest BCUT2D eigenvalue weighted by Crippen LogP contribution is -1.94. The average Bonchev–Trinajstić information content (AvgIpc) is 2.57. The molecule has 92 valence electrons. The van der Waals surface area contributed by atoms with Crippen LogP contribution >= 0.6 is 55.1 Å². The molecule has 1 aromatic heterocycles. The van der Waals surface area contributed by atoms with Crippen molar-refractivity contribution in [3.8, 4) is 17.3 Å². The van der Waals surface area contributed by atoms with Crippen LogP contribution in [0.5, 0.6) is 0 Å². The molecule has 1 heterocycles.